The van der Waals surface area contributed by atoms with Crippen LogP contribution in [0.2, 0.25) is 0 Å². The molecule has 1 unspecified atom stereocenters. The fraction of sp³-hybridized carbons (Fsp3) is 0.632. The van der Waals surface area contributed by atoms with Gasteiger partial charge < -0.3 is 15.7 Å². The number of nitrogens with zero attached hydrogens (tertiary/aromatic N) is 3. The zero-order chi connectivity index (χ0) is 19.6. The number of aromatic nitrogens is 2. The topological polar surface area (TPSA) is 104 Å². The Hall–Kier alpha value is -1.77. The number of amides is 1. The molecule has 0 radical (unpaired) electrons. The van der Waals surface area contributed by atoms with E-state index in [0.29, 0.717) is 34.4 Å². The second kappa shape index (κ2) is 8.50. The maximum absolute atomic E-state index is 12.8. The van der Waals surface area contributed by atoms with E-state index < -0.39 is 6.23 Å². The first-order valence-corrected chi connectivity index (χ1v) is 10.4. The van der Waals surface area contributed by atoms with Crippen molar-refractivity contribution >= 4 is 33.1 Å². The van der Waals surface area contributed by atoms with Gasteiger partial charge in [-0.3, -0.25) is 10.1 Å². The van der Waals surface area contributed by atoms with Gasteiger partial charge in [-0.15, -0.1) is 16.4 Å². The van der Waals surface area contributed by atoms with Gasteiger partial charge in [0, 0.05) is 25.5 Å². The van der Waals surface area contributed by atoms with Crippen LogP contribution in [0, 0.1) is 19.8 Å². The van der Waals surface area contributed by atoms with Crippen molar-refractivity contribution in [2.24, 2.45) is 5.92 Å². The quantitative estimate of drug-likeness (QED) is 0.654. The number of anilines is 1. The van der Waals surface area contributed by atoms with Crippen LogP contribution in [0.5, 0.6) is 0 Å². The highest BCUT2D eigenvalue weighted by Gasteiger charge is 2.24. The van der Waals surface area contributed by atoms with Crippen LogP contribution in [0.1, 0.15) is 53.0 Å². The van der Waals surface area contributed by atoms with Gasteiger partial charge in [0.2, 0.25) is 0 Å². The molecule has 0 spiro atoms. The van der Waals surface area contributed by atoms with E-state index in [1.54, 1.807) is 11.9 Å². The molecule has 2 heterocycles. The minimum atomic E-state index is -0.496. The van der Waals surface area contributed by atoms with Crippen LogP contribution < -0.4 is 11.1 Å². The Morgan fingerprint density at radius 1 is 1.33 bits per heavy atom. The van der Waals surface area contributed by atoms with Gasteiger partial charge in [0.1, 0.15) is 15.9 Å². The number of carbonyl (C=O) groups is 1. The van der Waals surface area contributed by atoms with Crippen molar-refractivity contribution in [1.82, 2.24) is 20.4 Å². The molecule has 4 N–H and O–H groups in total. The third-order valence-electron chi connectivity index (χ3n) is 5.57. The third-order valence-corrected chi connectivity index (χ3v) is 6.65. The lowest BCUT2D eigenvalue weighted by molar-refractivity contribution is 0.0519. The van der Waals surface area contributed by atoms with Crippen LogP contribution in [0.4, 0.5) is 5.69 Å². The van der Waals surface area contributed by atoms with Gasteiger partial charge in [-0.05, 0) is 38.2 Å². The van der Waals surface area contributed by atoms with E-state index in [4.69, 9.17) is 5.73 Å². The fourth-order valence-electron chi connectivity index (χ4n) is 3.67. The van der Waals surface area contributed by atoms with E-state index >= 15 is 0 Å². The predicted molar refractivity (Wildman–Crippen MR) is 109 cm³/mol. The summed E-state index contributed by atoms with van der Waals surface area (Å²) in [4.78, 5) is 15.7. The number of fused-ring (bicyclic) bond motifs is 1. The summed E-state index contributed by atoms with van der Waals surface area (Å²) in [6.45, 7) is 4.88. The normalized spacial score (nSPS) is 16.6. The lowest BCUT2D eigenvalue weighted by atomic mass is 9.88. The Kier molecular flexibility index (Phi) is 6.29. The number of aliphatic hydroxyl groups excluding tert-OH is 1. The molecule has 0 aromatic carbocycles. The molecule has 2 aromatic heterocycles. The van der Waals surface area contributed by atoms with Gasteiger partial charge >= 0.3 is 0 Å². The second-order valence-corrected chi connectivity index (χ2v) is 8.46. The van der Waals surface area contributed by atoms with Crippen molar-refractivity contribution in [2.75, 3.05) is 25.9 Å². The zero-order valence-corrected chi connectivity index (χ0v) is 17.1. The van der Waals surface area contributed by atoms with Gasteiger partial charge in [0.05, 0.1) is 11.4 Å². The molecule has 1 atom stereocenters. The average molecular weight is 392 g/mol. The summed E-state index contributed by atoms with van der Waals surface area (Å²) in [5, 5.41) is 22.6. The van der Waals surface area contributed by atoms with Gasteiger partial charge in [-0.2, -0.15) is 5.10 Å². The predicted octanol–water partition coefficient (Wildman–Crippen LogP) is 2.45. The number of nitrogen functional groups attached to an aromatic ring is 1. The highest BCUT2D eigenvalue weighted by Crippen LogP contribution is 2.35. The van der Waals surface area contributed by atoms with Crippen molar-refractivity contribution < 1.29 is 9.90 Å². The summed E-state index contributed by atoms with van der Waals surface area (Å²) in [6.07, 6.45) is 5.29. The first-order chi connectivity index (χ1) is 12.9. The van der Waals surface area contributed by atoms with Crippen LogP contribution in [-0.4, -0.2) is 52.5 Å². The van der Waals surface area contributed by atoms with E-state index in [1.165, 1.54) is 30.6 Å². The summed E-state index contributed by atoms with van der Waals surface area (Å²) < 4.78 is 0. The molecule has 1 amide bonds. The number of aryl methyl sites for hydroxylation is 2. The van der Waals surface area contributed by atoms with Crippen molar-refractivity contribution in [1.29, 1.82) is 0 Å². The first-order valence-electron chi connectivity index (χ1n) is 9.59. The molecule has 1 fully saturated rings. The molecule has 3 rings (SSSR count). The molecule has 0 aliphatic heterocycles. The van der Waals surface area contributed by atoms with Gasteiger partial charge in [0.15, 0.2) is 0 Å². The van der Waals surface area contributed by atoms with Gasteiger partial charge in [-0.25, -0.2) is 0 Å². The van der Waals surface area contributed by atoms with Crippen LogP contribution in [0.25, 0.3) is 10.2 Å². The number of rotatable bonds is 6. The summed E-state index contributed by atoms with van der Waals surface area (Å²) in [5.41, 5.74) is 8.53. The maximum Gasteiger partial charge on any atom is 0.265 e. The monoisotopic (exact) mass is 391 g/mol. The summed E-state index contributed by atoms with van der Waals surface area (Å²) in [7, 11) is 1.75. The number of nitrogens with two attached hydrogens (primary N) is 1. The molecule has 2 aromatic rings. The maximum atomic E-state index is 12.8. The lowest BCUT2D eigenvalue weighted by Crippen LogP contribution is -2.42. The van der Waals surface area contributed by atoms with E-state index in [-0.39, 0.29) is 5.91 Å². The van der Waals surface area contributed by atoms with Gasteiger partial charge in [0.25, 0.3) is 5.91 Å². The summed E-state index contributed by atoms with van der Waals surface area (Å²) in [5.74, 6) is 0.198. The van der Waals surface area contributed by atoms with Crippen LogP contribution >= 0.6 is 11.3 Å². The molecule has 0 saturated heterocycles. The Bertz CT molecular complexity index is 816. The third kappa shape index (κ3) is 4.23. The standard InChI is InChI=1S/C19H29N5O2S/c1-11-12(2)22-23-18-14(11)15(20)16(27-18)19(26)24(3)10-9-21-17(25)13-7-5-4-6-8-13/h13,17,21,25H,4-10,20H2,1-3H3. The van der Waals surface area contributed by atoms with Crippen LogP contribution in [-0.2, 0) is 0 Å². The Morgan fingerprint density at radius 2 is 2.04 bits per heavy atom. The van der Waals surface area contributed by atoms with E-state index in [1.807, 2.05) is 13.8 Å². The highest BCUT2D eigenvalue weighted by molar-refractivity contribution is 7.21. The number of aliphatic hydroxyl groups is 1. The van der Waals surface area contributed by atoms with E-state index in [2.05, 4.69) is 15.5 Å². The Labute approximate surface area is 164 Å². The Morgan fingerprint density at radius 3 is 2.74 bits per heavy atom. The number of hydrogen-bond acceptors (Lipinski definition) is 7. The average Bonchev–Trinajstić information content (AvgIpc) is 3.01. The van der Waals surface area contributed by atoms with Crippen molar-refractivity contribution in [3.8, 4) is 0 Å². The number of hydrogen-bond donors (Lipinski definition) is 3. The fourth-order valence-corrected chi connectivity index (χ4v) is 4.77. The lowest BCUT2D eigenvalue weighted by Gasteiger charge is -2.28. The largest absolute Gasteiger partial charge is 0.397 e. The molecule has 1 aliphatic rings. The Balaban J connectivity index is 1.61. The molecule has 7 nitrogen and oxygen atoms in total. The number of nitrogens with one attached hydrogen (secondary N) is 1. The van der Waals surface area contributed by atoms with E-state index in [9.17, 15) is 9.90 Å². The van der Waals surface area contributed by atoms with E-state index in [0.717, 1.165) is 29.5 Å². The molecule has 148 valence electrons. The van der Waals surface area contributed by atoms with Crippen molar-refractivity contribution in [2.45, 2.75) is 52.2 Å². The van der Waals surface area contributed by atoms with Gasteiger partial charge in [-0.1, -0.05) is 19.3 Å². The summed E-state index contributed by atoms with van der Waals surface area (Å²) in [6, 6.07) is 0. The molecular weight excluding hydrogens is 362 g/mol. The van der Waals surface area contributed by atoms with Crippen LogP contribution in [0.15, 0.2) is 0 Å². The number of carbonyl (C=O) groups excluding carboxylic acids is 1. The first kappa shape index (κ1) is 20.0. The van der Waals surface area contributed by atoms with Crippen LogP contribution in [0.3, 0.4) is 0 Å². The minimum absolute atomic E-state index is 0.124. The SMILES string of the molecule is Cc1nnc2sc(C(=O)N(C)CCNC(O)C3CCCCC3)c(N)c2c1C. The van der Waals surface area contributed by atoms with Crippen molar-refractivity contribution in [3.05, 3.63) is 16.1 Å². The number of thiophene rings is 1. The molecule has 27 heavy (non-hydrogen) atoms. The molecule has 1 aliphatic carbocycles. The minimum Gasteiger partial charge on any atom is -0.397 e. The molecule has 0 bridgehead atoms. The smallest absolute Gasteiger partial charge is 0.265 e. The van der Waals surface area contributed by atoms with Crippen molar-refractivity contribution in [3.63, 3.8) is 0 Å². The number of likely N-dealkylation sites (N-methyl/N-ethyl adjacent to an activating group) is 1. The zero-order valence-electron chi connectivity index (χ0n) is 16.3. The molecule has 1 saturated carbocycles. The molecule has 8 heteroatoms. The molecular formula is C19H29N5O2S. The highest BCUT2D eigenvalue weighted by atomic mass is 32.1. The second-order valence-electron chi connectivity index (χ2n) is 7.46. The summed E-state index contributed by atoms with van der Waals surface area (Å²) >= 11 is 1.29.